The Bertz CT molecular complexity index is 1030. The van der Waals surface area contributed by atoms with Gasteiger partial charge in [0.05, 0.1) is 18.8 Å². The van der Waals surface area contributed by atoms with Crippen LogP contribution in [0.25, 0.3) is 0 Å². The predicted molar refractivity (Wildman–Crippen MR) is 124 cm³/mol. The predicted octanol–water partition coefficient (Wildman–Crippen LogP) is 3.52. The SMILES string of the molecule is CC(=O)NCc1ccc(C2OC(CSc3ncn[nH]3)C(C)C(c3ccc(CO)cc3)O2)cc1. The van der Waals surface area contributed by atoms with Gasteiger partial charge in [-0.15, -0.1) is 0 Å². The number of aliphatic hydroxyl groups is 1. The first-order chi connectivity index (χ1) is 16.0. The van der Waals surface area contributed by atoms with Gasteiger partial charge < -0.3 is 19.9 Å². The van der Waals surface area contributed by atoms with Crippen LogP contribution < -0.4 is 5.32 Å². The van der Waals surface area contributed by atoms with E-state index < -0.39 is 6.29 Å². The number of amides is 1. The van der Waals surface area contributed by atoms with E-state index in [-0.39, 0.29) is 30.6 Å². The number of nitrogens with zero attached hydrogens (tertiary/aromatic N) is 2. The van der Waals surface area contributed by atoms with Crippen LogP contribution in [0.5, 0.6) is 0 Å². The Kier molecular flexibility index (Phi) is 7.77. The minimum Gasteiger partial charge on any atom is -0.392 e. The summed E-state index contributed by atoms with van der Waals surface area (Å²) in [5, 5.41) is 19.7. The molecular weight excluding hydrogens is 440 g/mol. The molecule has 1 amide bonds. The Labute approximate surface area is 197 Å². The lowest BCUT2D eigenvalue weighted by atomic mass is 9.91. The van der Waals surface area contributed by atoms with Gasteiger partial charge in [0.2, 0.25) is 5.91 Å². The zero-order valence-corrected chi connectivity index (χ0v) is 19.4. The van der Waals surface area contributed by atoms with Gasteiger partial charge in [-0.1, -0.05) is 67.2 Å². The monoisotopic (exact) mass is 468 g/mol. The second-order valence-electron chi connectivity index (χ2n) is 8.07. The normalized spacial score (nSPS) is 22.8. The standard InChI is InChI=1S/C24H28N4O4S/c1-15-21(13-33-24-26-14-27-28-24)31-23(20-9-3-17(4-10-20)11-25-16(2)30)32-22(15)19-7-5-18(12-29)6-8-19/h3-10,14-15,21-23,29H,11-13H2,1-2H3,(H,25,30)(H,26,27,28). The fourth-order valence-corrected chi connectivity index (χ4v) is 4.70. The average molecular weight is 469 g/mol. The molecule has 174 valence electrons. The van der Waals surface area contributed by atoms with Crippen LogP contribution in [0.2, 0.25) is 0 Å². The number of carbonyl (C=O) groups is 1. The maximum Gasteiger partial charge on any atom is 0.217 e. The fraction of sp³-hybridized carbons (Fsp3) is 0.375. The van der Waals surface area contributed by atoms with Crippen LogP contribution in [0, 0.1) is 5.92 Å². The van der Waals surface area contributed by atoms with E-state index in [0.717, 1.165) is 27.4 Å². The summed E-state index contributed by atoms with van der Waals surface area (Å²) in [5.41, 5.74) is 3.83. The number of carbonyl (C=O) groups excluding carboxylic acids is 1. The number of ether oxygens (including phenoxy) is 2. The molecule has 0 bridgehead atoms. The van der Waals surface area contributed by atoms with Crippen molar-refractivity contribution in [3.8, 4) is 0 Å². The second-order valence-corrected chi connectivity index (χ2v) is 9.08. The van der Waals surface area contributed by atoms with E-state index in [1.165, 1.54) is 13.3 Å². The summed E-state index contributed by atoms with van der Waals surface area (Å²) < 4.78 is 12.9. The number of hydrogen-bond acceptors (Lipinski definition) is 7. The minimum atomic E-state index is -0.529. The van der Waals surface area contributed by atoms with Crippen LogP contribution in [-0.4, -0.2) is 38.1 Å². The molecule has 9 heteroatoms. The number of rotatable bonds is 8. The molecule has 4 unspecified atom stereocenters. The minimum absolute atomic E-state index is 0.00831. The number of aromatic amines is 1. The largest absolute Gasteiger partial charge is 0.392 e. The van der Waals surface area contributed by atoms with Gasteiger partial charge in [0.25, 0.3) is 0 Å². The van der Waals surface area contributed by atoms with Crippen molar-refractivity contribution < 1.29 is 19.4 Å². The fourth-order valence-electron chi connectivity index (χ4n) is 3.75. The molecule has 0 saturated carbocycles. The number of nitrogens with one attached hydrogen (secondary N) is 2. The summed E-state index contributed by atoms with van der Waals surface area (Å²) in [6, 6.07) is 15.8. The van der Waals surface area contributed by atoms with Gasteiger partial charge in [-0.05, 0) is 16.7 Å². The first-order valence-electron chi connectivity index (χ1n) is 10.9. The molecule has 3 aromatic rings. The zero-order chi connectivity index (χ0) is 23.2. The Morgan fingerprint density at radius 1 is 1.09 bits per heavy atom. The molecule has 0 radical (unpaired) electrons. The van der Waals surface area contributed by atoms with E-state index in [2.05, 4.69) is 27.4 Å². The van der Waals surface area contributed by atoms with Crippen molar-refractivity contribution in [2.45, 2.75) is 50.7 Å². The van der Waals surface area contributed by atoms with Crippen molar-refractivity contribution in [2.24, 2.45) is 5.92 Å². The highest BCUT2D eigenvalue weighted by Gasteiger charge is 2.38. The number of aromatic nitrogens is 3. The van der Waals surface area contributed by atoms with Crippen molar-refractivity contribution in [3.05, 3.63) is 77.1 Å². The van der Waals surface area contributed by atoms with Crippen LogP contribution in [0.3, 0.4) is 0 Å². The molecule has 2 heterocycles. The average Bonchev–Trinajstić information content (AvgIpc) is 3.36. The number of hydrogen-bond donors (Lipinski definition) is 3. The highest BCUT2D eigenvalue weighted by Crippen LogP contribution is 2.42. The van der Waals surface area contributed by atoms with Crippen molar-refractivity contribution in [3.63, 3.8) is 0 Å². The third-order valence-electron chi connectivity index (χ3n) is 5.69. The van der Waals surface area contributed by atoms with E-state index in [1.54, 1.807) is 11.8 Å². The molecule has 33 heavy (non-hydrogen) atoms. The van der Waals surface area contributed by atoms with E-state index >= 15 is 0 Å². The van der Waals surface area contributed by atoms with E-state index in [9.17, 15) is 9.90 Å². The number of benzene rings is 2. The molecule has 0 spiro atoms. The quantitative estimate of drug-likeness (QED) is 0.434. The highest BCUT2D eigenvalue weighted by molar-refractivity contribution is 7.99. The molecule has 4 rings (SSSR count). The van der Waals surface area contributed by atoms with Gasteiger partial charge in [-0.25, -0.2) is 4.98 Å². The highest BCUT2D eigenvalue weighted by atomic mass is 32.2. The molecular formula is C24H28N4O4S. The summed E-state index contributed by atoms with van der Waals surface area (Å²) in [4.78, 5) is 15.4. The first-order valence-corrected chi connectivity index (χ1v) is 11.8. The molecule has 2 aromatic carbocycles. The zero-order valence-electron chi connectivity index (χ0n) is 18.6. The Morgan fingerprint density at radius 3 is 2.42 bits per heavy atom. The Morgan fingerprint density at radius 2 is 1.79 bits per heavy atom. The smallest absolute Gasteiger partial charge is 0.217 e. The van der Waals surface area contributed by atoms with Crippen LogP contribution in [-0.2, 0) is 27.4 Å². The van der Waals surface area contributed by atoms with E-state index in [1.807, 2.05) is 48.5 Å². The Hall–Kier alpha value is -2.72. The van der Waals surface area contributed by atoms with E-state index in [0.29, 0.717) is 12.3 Å². The topological polar surface area (TPSA) is 109 Å². The van der Waals surface area contributed by atoms with Crippen molar-refractivity contribution in [2.75, 3.05) is 5.75 Å². The van der Waals surface area contributed by atoms with Gasteiger partial charge in [-0.3, -0.25) is 9.89 Å². The van der Waals surface area contributed by atoms with Crippen LogP contribution in [0.1, 0.15) is 48.5 Å². The molecule has 1 aliphatic heterocycles. The van der Waals surface area contributed by atoms with Gasteiger partial charge in [0, 0.05) is 30.7 Å². The van der Waals surface area contributed by atoms with Crippen LogP contribution in [0.15, 0.2) is 60.0 Å². The second kappa shape index (κ2) is 10.9. The molecule has 0 aliphatic carbocycles. The molecule has 1 aromatic heterocycles. The number of H-pyrrole nitrogens is 1. The van der Waals surface area contributed by atoms with Crippen molar-refractivity contribution in [1.82, 2.24) is 20.5 Å². The van der Waals surface area contributed by atoms with Crippen molar-refractivity contribution in [1.29, 1.82) is 0 Å². The van der Waals surface area contributed by atoms with Gasteiger partial charge in [0.15, 0.2) is 11.4 Å². The lowest BCUT2D eigenvalue weighted by Gasteiger charge is -2.41. The molecule has 1 saturated heterocycles. The third kappa shape index (κ3) is 6.00. The number of thioether (sulfide) groups is 1. The maximum absolute atomic E-state index is 11.2. The van der Waals surface area contributed by atoms with E-state index in [4.69, 9.17) is 9.47 Å². The Balaban J connectivity index is 1.54. The summed E-state index contributed by atoms with van der Waals surface area (Å²) >= 11 is 1.57. The molecule has 8 nitrogen and oxygen atoms in total. The van der Waals surface area contributed by atoms with Crippen molar-refractivity contribution >= 4 is 17.7 Å². The number of aliphatic hydroxyl groups excluding tert-OH is 1. The lowest BCUT2D eigenvalue weighted by Crippen LogP contribution is -2.38. The van der Waals surface area contributed by atoms with Gasteiger partial charge >= 0.3 is 0 Å². The van der Waals surface area contributed by atoms with Gasteiger partial charge in [-0.2, -0.15) is 5.10 Å². The lowest BCUT2D eigenvalue weighted by molar-refractivity contribution is -0.268. The third-order valence-corrected chi connectivity index (χ3v) is 6.66. The molecule has 1 aliphatic rings. The van der Waals surface area contributed by atoms with Crippen LogP contribution in [0.4, 0.5) is 0 Å². The van der Waals surface area contributed by atoms with Crippen LogP contribution >= 0.6 is 11.8 Å². The molecule has 3 N–H and O–H groups in total. The van der Waals surface area contributed by atoms with Gasteiger partial charge in [0.1, 0.15) is 6.33 Å². The summed E-state index contributed by atoms with van der Waals surface area (Å²) in [6.07, 6.45) is 0.711. The maximum atomic E-state index is 11.2. The summed E-state index contributed by atoms with van der Waals surface area (Å²) in [6.45, 7) is 4.12. The first kappa shape index (κ1) is 23.4. The summed E-state index contributed by atoms with van der Waals surface area (Å²) in [5.74, 6) is 0.729. The molecule has 1 fully saturated rings. The molecule has 4 atom stereocenters. The summed E-state index contributed by atoms with van der Waals surface area (Å²) in [7, 11) is 0.